The quantitative estimate of drug-likeness (QED) is 0.212. The summed E-state index contributed by atoms with van der Waals surface area (Å²) in [6.07, 6.45) is 0. The molecule has 1 aromatic carbocycles. The second-order valence-electron chi connectivity index (χ2n) is 4.88. The summed E-state index contributed by atoms with van der Waals surface area (Å²) >= 11 is 0. The third-order valence-electron chi connectivity index (χ3n) is 2.90. The zero-order valence-corrected chi connectivity index (χ0v) is 14.7. The van der Waals surface area contributed by atoms with Crippen LogP contribution in [0.5, 0.6) is 11.6 Å². The Morgan fingerprint density at radius 1 is 0.897 bits per heavy atom. The first-order valence-corrected chi connectivity index (χ1v) is 9.37. The van der Waals surface area contributed by atoms with Gasteiger partial charge < -0.3 is 8.37 Å². The summed E-state index contributed by atoms with van der Waals surface area (Å²) in [7, 11) is -12.7. The van der Waals surface area contributed by atoms with E-state index in [-0.39, 0.29) is 6.07 Å². The minimum absolute atomic E-state index is 0.0152. The standard InChI is InChI=1S/C11H4F6N2O8S2/c12-10(13,14)28(22,23)26-8-4-9(27-29(24,25)11(15,16)17)18-7-2-1-5(19(20)21)3-6(7)8/h1-4H. The average Bonchev–Trinajstić information content (AvgIpc) is 2.51. The van der Waals surface area contributed by atoms with E-state index < -0.39 is 64.4 Å². The number of rotatable bonds is 5. The Morgan fingerprint density at radius 3 is 1.90 bits per heavy atom. The van der Waals surface area contributed by atoms with Crippen LogP contribution in [-0.4, -0.2) is 37.8 Å². The summed E-state index contributed by atoms with van der Waals surface area (Å²) in [5.74, 6) is -2.92. The van der Waals surface area contributed by atoms with Gasteiger partial charge in [0.2, 0.25) is 5.88 Å². The maximum Gasteiger partial charge on any atom is 0.534 e. The van der Waals surface area contributed by atoms with Crippen LogP contribution in [-0.2, 0) is 20.2 Å². The van der Waals surface area contributed by atoms with Crippen molar-refractivity contribution in [1.82, 2.24) is 4.98 Å². The van der Waals surface area contributed by atoms with Crippen molar-refractivity contribution in [3.8, 4) is 11.6 Å². The molecule has 0 fully saturated rings. The van der Waals surface area contributed by atoms with Gasteiger partial charge in [-0.2, -0.15) is 43.2 Å². The minimum atomic E-state index is -6.39. The van der Waals surface area contributed by atoms with Gasteiger partial charge in [-0.1, -0.05) is 0 Å². The summed E-state index contributed by atoms with van der Waals surface area (Å²) in [5, 5.41) is 10.0. The van der Waals surface area contributed by atoms with Gasteiger partial charge in [0, 0.05) is 18.2 Å². The monoisotopic (exact) mass is 470 g/mol. The molecule has 0 aliphatic rings. The van der Waals surface area contributed by atoms with Gasteiger partial charge in [0.15, 0.2) is 5.75 Å². The molecule has 18 heteroatoms. The SMILES string of the molecule is O=[N+]([O-])c1ccc2nc(OS(=O)(=O)C(F)(F)F)cc(OS(=O)(=O)C(F)(F)F)c2c1. The van der Waals surface area contributed by atoms with Crippen molar-refractivity contribution in [2.45, 2.75) is 11.0 Å². The smallest absolute Gasteiger partial charge is 0.375 e. The van der Waals surface area contributed by atoms with E-state index in [2.05, 4.69) is 13.4 Å². The van der Waals surface area contributed by atoms with Crippen molar-refractivity contribution in [3.05, 3.63) is 34.4 Å². The number of nitro benzene ring substituents is 1. The Hall–Kier alpha value is -2.89. The molecule has 10 nitrogen and oxygen atoms in total. The van der Waals surface area contributed by atoms with E-state index in [1.165, 1.54) is 0 Å². The molecule has 0 atom stereocenters. The van der Waals surface area contributed by atoms with Crippen molar-refractivity contribution in [1.29, 1.82) is 0 Å². The zero-order chi connectivity index (χ0) is 22.4. The van der Waals surface area contributed by atoms with Gasteiger partial charge in [-0.25, -0.2) is 4.98 Å². The van der Waals surface area contributed by atoms with Crippen LogP contribution < -0.4 is 8.37 Å². The third-order valence-corrected chi connectivity index (χ3v) is 4.83. The normalized spacial score (nSPS) is 13.3. The Balaban J connectivity index is 2.73. The maximum atomic E-state index is 12.5. The van der Waals surface area contributed by atoms with Crippen molar-refractivity contribution in [3.63, 3.8) is 0 Å². The number of halogens is 6. The Kier molecular flexibility index (Phi) is 5.30. The van der Waals surface area contributed by atoms with Crippen LogP contribution in [0.2, 0.25) is 0 Å². The molecule has 0 amide bonds. The molecule has 2 rings (SSSR count). The summed E-state index contributed by atoms with van der Waals surface area (Å²) in [6, 6.07) is 1.89. The number of benzene rings is 1. The summed E-state index contributed by atoms with van der Waals surface area (Å²) in [5.41, 5.74) is -13.4. The predicted molar refractivity (Wildman–Crippen MR) is 79.6 cm³/mol. The molecule has 0 radical (unpaired) electrons. The second-order valence-corrected chi connectivity index (χ2v) is 7.96. The van der Waals surface area contributed by atoms with E-state index >= 15 is 0 Å². The number of fused-ring (bicyclic) bond motifs is 1. The fourth-order valence-electron chi connectivity index (χ4n) is 1.71. The molecule has 0 saturated carbocycles. The van der Waals surface area contributed by atoms with Crippen molar-refractivity contribution >= 4 is 36.8 Å². The van der Waals surface area contributed by atoms with Crippen molar-refractivity contribution in [2.75, 3.05) is 0 Å². The summed E-state index contributed by atoms with van der Waals surface area (Å²) in [4.78, 5) is 13.0. The highest BCUT2D eigenvalue weighted by atomic mass is 32.2. The first-order chi connectivity index (χ1) is 12.9. The number of hydrogen-bond acceptors (Lipinski definition) is 9. The van der Waals surface area contributed by atoms with E-state index in [4.69, 9.17) is 0 Å². The van der Waals surface area contributed by atoms with Gasteiger partial charge in [0.25, 0.3) is 5.69 Å². The average molecular weight is 470 g/mol. The molecule has 1 aromatic heterocycles. The minimum Gasteiger partial charge on any atom is -0.375 e. The van der Waals surface area contributed by atoms with Crippen LogP contribution in [0.3, 0.4) is 0 Å². The van der Waals surface area contributed by atoms with Crippen molar-refractivity contribution in [2.24, 2.45) is 0 Å². The number of pyridine rings is 1. The van der Waals surface area contributed by atoms with Crippen LogP contribution in [0.1, 0.15) is 0 Å². The van der Waals surface area contributed by atoms with Crippen LogP contribution >= 0.6 is 0 Å². The lowest BCUT2D eigenvalue weighted by Crippen LogP contribution is -2.29. The molecule has 0 aliphatic heterocycles. The topological polar surface area (TPSA) is 143 Å². The van der Waals surface area contributed by atoms with Gasteiger partial charge in [-0.3, -0.25) is 10.1 Å². The molecule has 0 saturated heterocycles. The van der Waals surface area contributed by atoms with E-state index in [0.717, 1.165) is 0 Å². The van der Waals surface area contributed by atoms with Gasteiger partial charge in [0.1, 0.15) is 0 Å². The molecule has 0 bridgehead atoms. The molecule has 1 heterocycles. The summed E-state index contributed by atoms with van der Waals surface area (Å²) in [6.45, 7) is 0. The lowest BCUT2D eigenvalue weighted by Gasteiger charge is -2.13. The highest BCUT2D eigenvalue weighted by Crippen LogP contribution is 2.36. The van der Waals surface area contributed by atoms with E-state index in [9.17, 15) is 53.3 Å². The molecule has 0 N–H and O–H groups in total. The highest BCUT2D eigenvalue weighted by molar-refractivity contribution is 7.88. The lowest BCUT2D eigenvalue weighted by molar-refractivity contribution is -0.384. The highest BCUT2D eigenvalue weighted by Gasteiger charge is 2.50. The molecular formula is C11H4F6N2O8S2. The predicted octanol–water partition coefficient (Wildman–Crippen LogP) is 2.60. The molecule has 2 aromatic rings. The number of non-ortho nitro benzene ring substituents is 1. The number of nitrogens with zero attached hydrogens (tertiary/aromatic N) is 2. The maximum absolute atomic E-state index is 12.5. The van der Waals surface area contributed by atoms with Crippen LogP contribution in [0.25, 0.3) is 10.9 Å². The van der Waals surface area contributed by atoms with E-state index in [0.29, 0.717) is 18.2 Å². The van der Waals surface area contributed by atoms with Gasteiger partial charge >= 0.3 is 31.3 Å². The van der Waals surface area contributed by atoms with E-state index in [1.54, 1.807) is 0 Å². The Bertz CT molecular complexity index is 1190. The fourth-order valence-corrected chi connectivity index (χ4v) is 2.58. The molecule has 160 valence electrons. The molecular weight excluding hydrogens is 466 g/mol. The summed E-state index contributed by atoms with van der Waals surface area (Å²) < 4.78 is 127. The van der Waals surface area contributed by atoms with Gasteiger partial charge in [0.05, 0.1) is 15.8 Å². The number of hydrogen-bond donors (Lipinski definition) is 0. The zero-order valence-electron chi connectivity index (χ0n) is 13.1. The van der Waals surface area contributed by atoms with Crippen molar-refractivity contribution < 1.29 is 56.5 Å². The van der Waals surface area contributed by atoms with Gasteiger partial charge in [-0.15, -0.1) is 0 Å². The number of aromatic nitrogens is 1. The Morgan fingerprint density at radius 2 is 1.41 bits per heavy atom. The fraction of sp³-hybridized carbons (Fsp3) is 0.182. The first-order valence-electron chi connectivity index (χ1n) is 6.55. The Labute approximate surface area is 156 Å². The molecule has 0 spiro atoms. The number of nitro groups is 1. The number of alkyl halides is 6. The molecule has 0 aliphatic carbocycles. The second kappa shape index (κ2) is 6.87. The van der Waals surface area contributed by atoms with Crippen LogP contribution in [0.15, 0.2) is 24.3 Å². The molecule has 0 unspecified atom stereocenters. The van der Waals surface area contributed by atoms with E-state index in [1.807, 2.05) is 0 Å². The van der Waals surface area contributed by atoms with Crippen LogP contribution in [0, 0.1) is 10.1 Å². The third kappa shape index (κ3) is 4.58. The lowest BCUT2D eigenvalue weighted by atomic mass is 10.2. The molecule has 29 heavy (non-hydrogen) atoms. The first kappa shape index (κ1) is 22.4. The largest absolute Gasteiger partial charge is 0.534 e. The van der Waals surface area contributed by atoms with Gasteiger partial charge in [-0.05, 0) is 6.07 Å². The van der Waals surface area contributed by atoms with Crippen LogP contribution in [0.4, 0.5) is 32.0 Å².